The van der Waals surface area contributed by atoms with Gasteiger partial charge in [-0.1, -0.05) is 0 Å². The lowest BCUT2D eigenvalue weighted by Crippen LogP contribution is -2.31. The van der Waals surface area contributed by atoms with Crippen molar-refractivity contribution in [3.8, 4) is 5.75 Å². The molecule has 10 heteroatoms. The lowest BCUT2D eigenvalue weighted by Gasteiger charge is -2.10. The normalized spacial score (nSPS) is 11.6. The molecule has 10 nitrogen and oxygen atoms in total. The van der Waals surface area contributed by atoms with Crippen molar-refractivity contribution in [2.45, 2.75) is 18.9 Å². The van der Waals surface area contributed by atoms with Crippen molar-refractivity contribution in [3.05, 3.63) is 28.3 Å². The van der Waals surface area contributed by atoms with E-state index in [1.54, 1.807) is 0 Å². The van der Waals surface area contributed by atoms with Crippen LogP contribution in [0.15, 0.2) is 18.2 Å². The third-order valence-corrected chi connectivity index (χ3v) is 2.79. The van der Waals surface area contributed by atoms with Crippen molar-refractivity contribution in [3.63, 3.8) is 0 Å². The van der Waals surface area contributed by atoms with Gasteiger partial charge in [-0.2, -0.15) is 0 Å². The molecule has 1 amide bonds. The van der Waals surface area contributed by atoms with Gasteiger partial charge in [0, 0.05) is 24.2 Å². The summed E-state index contributed by atoms with van der Waals surface area (Å²) in [4.78, 5) is 32.5. The molecule has 0 bridgehead atoms. The fourth-order valence-corrected chi connectivity index (χ4v) is 1.65. The van der Waals surface area contributed by atoms with Gasteiger partial charge >= 0.3 is 11.7 Å². The molecule has 0 aliphatic rings. The zero-order valence-corrected chi connectivity index (χ0v) is 12.1. The van der Waals surface area contributed by atoms with Crippen LogP contribution in [0.4, 0.5) is 11.4 Å². The van der Waals surface area contributed by atoms with Crippen LogP contribution in [0.25, 0.3) is 0 Å². The quantitative estimate of drug-likeness (QED) is 0.366. The van der Waals surface area contributed by atoms with Crippen LogP contribution < -0.4 is 15.8 Å². The van der Waals surface area contributed by atoms with Gasteiger partial charge in [0.25, 0.3) is 0 Å². The number of rotatable bonds is 9. The minimum absolute atomic E-state index is 0.0397. The number of aliphatic carboxylic acids is 1. The maximum absolute atomic E-state index is 11.7. The SMILES string of the molecule is N[C@@H](CCC(=O)Nc1ccc([N+](=O)[O-])c(OCCO)c1)C(=O)O. The highest BCUT2D eigenvalue weighted by Crippen LogP contribution is 2.30. The molecule has 1 aromatic carbocycles. The van der Waals surface area contributed by atoms with E-state index >= 15 is 0 Å². The topological polar surface area (TPSA) is 165 Å². The van der Waals surface area contributed by atoms with Crippen LogP contribution in [0.5, 0.6) is 5.75 Å². The minimum Gasteiger partial charge on any atom is -0.484 e. The summed E-state index contributed by atoms with van der Waals surface area (Å²) < 4.78 is 5.06. The van der Waals surface area contributed by atoms with E-state index in [9.17, 15) is 19.7 Å². The average Bonchev–Trinajstić information content (AvgIpc) is 2.50. The molecule has 0 radical (unpaired) electrons. The van der Waals surface area contributed by atoms with E-state index in [-0.39, 0.29) is 43.2 Å². The number of amides is 1. The number of nitrogens with two attached hydrogens (primary N) is 1. The average molecular weight is 327 g/mol. The number of carbonyl (C=O) groups is 2. The van der Waals surface area contributed by atoms with E-state index in [1.165, 1.54) is 12.1 Å². The van der Waals surface area contributed by atoms with Crippen LogP contribution in [0.2, 0.25) is 0 Å². The number of benzene rings is 1. The predicted molar refractivity (Wildman–Crippen MR) is 79.2 cm³/mol. The number of nitro groups is 1. The van der Waals surface area contributed by atoms with Crippen molar-refractivity contribution in [2.75, 3.05) is 18.5 Å². The fraction of sp³-hybridized carbons (Fsp3) is 0.385. The Labute approximate surface area is 131 Å². The van der Waals surface area contributed by atoms with Crippen LogP contribution in [0.3, 0.4) is 0 Å². The van der Waals surface area contributed by atoms with E-state index in [1.807, 2.05) is 0 Å². The highest BCUT2D eigenvalue weighted by atomic mass is 16.6. The van der Waals surface area contributed by atoms with E-state index in [4.69, 9.17) is 20.7 Å². The van der Waals surface area contributed by atoms with Gasteiger partial charge < -0.3 is 26.0 Å². The summed E-state index contributed by atoms with van der Waals surface area (Å²) in [5, 5.41) is 30.7. The number of aliphatic hydroxyl groups excluding tert-OH is 1. The first-order valence-corrected chi connectivity index (χ1v) is 6.65. The fourth-order valence-electron chi connectivity index (χ4n) is 1.65. The smallest absolute Gasteiger partial charge is 0.320 e. The van der Waals surface area contributed by atoms with Crippen LogP contribution in [-0.2, 0) is 9.59 Å². The first kappa shape index (κ1) is 18.3. The number of nitrogens with one attached hydrogen (secondary N) is 1. The van der Waals surface area contributed by atoms with E-state index < -0.39 is 22.8 Å². The Kier molecular flexibility index (Phi) is 6.90. The first-order valence-electron chi connectivity index (χ1n) is 6.65. The van der Waals surface area contributed by atoms with Crippen LogP contribution >= 0.6 is 0 Å². The van der Waals surface area contributed by atoms with Crippen LogP contribution in [0, 0.1) is 10.1 Å². The van der Waals surface area contributed by atoms with Crippen LogP contribution in [0.1, 0.15) is 12.8 Å². The Morgan fingerprint density at radius 3 is 2.70 bits per heavy atom. The Morgan fingerprint density at radius 2 is 2.13 bits per heavy atom. The molecule has 126 valence electrons. The summed E-state index contributed by atoms with van der Waals surface area (Å²) in [6.07, 6.45) is -0.153. The lowest BCUT2D eigenvalue weighted by atomic mass is 10.1. The summed E-state index contributed by atoms with van der Waals surface area (Å²) >= 11 is 0. The molecule has 1 atom stereocenters. The van der Waals surface area contributed by atoms with Crippen molar-refractivity contribution < 1.29 is 29.5 Å². The maximum atomic E-state index is 11.7. The Balaban J connectivity index is 2.74. The van der Waals surface area contributed by atoms with Crippen molar-refractivity contribution >= 4 is 23.3 Å². The molecule has 0 aliphatic heterocycles. The lowest BCUT2D eigenvalue weighted by molar-refractivity contribution is -0.385. The zero-order chi connectivity index (χ0) is 17.4. The second kappa shape index (κ2) is 8.66. The number of nitrogens with zero attached hydrogens (tertiary/aromatic N) is 1. The van der Waals surface area contributed by atoms with Crippen molar-refractivity contribution in [2.24, 2.45) is 5.73 Å². The van der Waals surface area contributed by atoms with Gasteiger partial charge in [-0.15, -0.1) is 0 Å². The highest BCUT2D eigenvalue weighted by Gasteiger charge is 2.17. The second-order valence-corrected chi connectivity index (χ2v) is 4.54. The molecule has 0 spiro atoms. The number of carbonyl (C=O) groups excluding carboxylic acids is 1. The van der Waals surface area contributed by atoms with Gasteiger partial charge in [0.1, 0.15) is 12.6 Å². The number of aliphatic hydroxyl groups is 1. The summed E-state index contributed by atoms with van der Waals surface area (Å²) in [6, 6.07) is 2.59. The number of ether oxygens (including phenoxy) is 1. The van der Waals surface area contributed by atoms with Crippen molar-refractivity contribution in [1.29, 1.82) is 0 Å². The number of hydrogen-bond donors (Lipinski definition) is 4. The zero-order valence-electron chi connectivity index (χ0n) is 12.1. The van der Waals surface area contributed by atoms with Crippen LogP contribution in [-0.4, -0.2) is 46.3 Å². The van der Waals surface area contributed by atoms with Gasteiger partial charge in [-0.3, -0.25) is 19.7 Å². The Hall–Kier alpha value is -2.72. The van der Waals surface area contributed by atoms with Gasteiger partial charge in [0.2, 0.25) is 5.91 Å². The molecule has 0 aromatic heterocycles. The third-order valence-electron chi connectivity index (χ3n) is 2.79. The summed E-state index contributed by atoms with van der Waals surface area (Å²) in [7, 11) is 0. The number of nitro benzene ring substituents is 1. The second-order valence-electron chi connectivity index (χ2n) is 4.54. The molecule has 0 saturated heterocycles. The van der Waals surface area contributed by atoms with Gasteiger partial charge in [0.15, 0.2) is 5.75 Å². The predicted octanol–water partition coefficient (Wildman–Crippen LogP) is 0.0965. The molecular weight excluding hydrogens is 310 g/mol. The molecule has 0 aliphatic carbocycles. The summed E-state index contributed by atoms with van der Waals surface area (Å²) in [6.45, 7) is -0.452. The monoisotopic (exact) mass is 327 g/mol. The molecule has 0 unspecified atom stereocenters. The number of carboxylic acids is 1. The Bertz CT molecular complexity index is 591. The van der Waals surface area contributed by atoms with E-state index in [0.29, 0.717) is 0 Å². The minimum atomic E-state index is -1.20. The van der Waals surface area contributed by atoms with Crippen molar-refractivity contribution in [1.82, 2.24) is 0 Å². The molecule has 0 saturated carbocycles. The number of hydrogen-bond acceptors (Lipinski definition) is 7. The Morgan fingerprint density at radius 1 is 1.43 bits per heavy atom. The number of anilines is 1. The van der Waals surface area contributed by atoms with E-state index in [2.05, 4.69) is 5.32 Å². The largest absolute Gasteiger partial charge is 0.484 e. The number of carboxylic acid groups (broad SMARTS) is 1. The molecule has 23 heavy (non-hydrogen) atoms. The molecular formula is C13H17N3O7. The summed E-state index contributed by atoms with van der Waals surface area (Å²) in [5.74, 6) is -1.78. The standard InChI is InChI=1S/C13H17N3O7/c14-9(13(19)20)2-4-12(18)15-8-1-3-10(16(21)22)11(7-8)23-6-5-17/h1,3,7,9,17H,2,4-6,14H2,(H,15,18)(H,19,20)/t9-/m0/s1. The molecule has 5 N–H and O–H groups in total. The summed E-state index contributed by atoms with van der Waals surface area (Å²) in [5.41, 5.74) is 5.24. The van der Waals surface area contributed by atoms with Gasteiger partial charge in [-0.25, -0.2) is 0 Å². The highest BCUT2D eigenvalue weighted by molar-refractivity contribution is 5.91. The molecule has 0 heterocycles. The van der Waals surface area contributed by atoms with E-state index in [0.717, 1.165) is 6.07 Å². The molecule has 1 rings (SSSR count). The molecule has 0 fully saturated rings. The first-order chi connectivity index (χ1) is 10.8. The van der Waals surface area contributed by atoms with Gasteiger partial charge in [0.05, 0.1) is 11.5 Å². The van der Waals surface area contributed by atoms with Gasteiger partial charge in [-0.05, 0) is 12.5 Å². The maximum Gasteiger partial charge on any atom is 0.320 e. The third kappa shape index (κ3) is 5.88. The molecule has 1 aromatic rings.